The third-order valence-corrected chi connectivity index (χ3v) is 3.91. The Morgan fingerprint density at radius 3 is 2.28 bits per heavy atom. The zero-order chi connectivity index (χ0) is 18.3. The van der Waals surface area contributed by atoms with Crippen LogP contribution in [0.3, 0.4) is 0 Å². The molecule has 2 aromatic rings. The maximum atomic E-state index is 9.47. The lowest BCUT2D eigenvalue weighted by molar-refractivity contribution is -0.654. The summed E-state index contributed by atoms with van der Waals surface area (Å²) >= 11 is 1.58. The molecular formula is C15H24N4O4S2. The lowest BCUT2D eigenvalue weighted by Gasteiger charge is -2.12. The molecule has 0 atom stereocenters. The van der Waals surface area contributed by atoms with Gasteiger partial charge in [0.2, 0.25) is 0 Å². The highest BCUT2D eigenvalue weighted by Gasteiger charge is 2.08. The largest absolute Gasteiger partial charge is 0.707 e. The van der Waals surface area contributed by atoms with Crippen molar-refractivity contribution in [2.45, 2.75) is 14.4 Å². The van der Waals surface area contributed by atoms with Gasteiger partial charge in [-0.3, -0.25) is 0 Å². The summed E-state index contributed by atoms with van der Waals surface area (Å²) in [7, 11) is 2.31. The van der Waals surface area contributed by atoms with Crippen molar-refractivity contribution in [1.29, 1.82) is 0 Å². The van der Waals surface area contributed by atoms with Gasteiger partial charge in [-0.15, -0.1) is 0 Å². The Bertz CT molecular complexity index is 802. The van der Waals surface area contributed by atoms with Crippen LogP contribution in [0.5, 0.6) is 0 Å². The van der Waals surface area contributed by atoms with Crippen LogP contribution in [0.2, 0.25) is 0 Å². The van der Waals surface area contributed by atoms with Gasteiger partial charge in [-0.1, -0.05) is 7.43 Å². The molecule has 8 nitrogen and oxygen atoms in total. The highest BCUT2D eigenvalue weighted by molar-refractivity contribution is 7.85. The monoisotopic (exact) mass is 388 g/mol. The van der Waals surface area contributed by atoms with E-state index in [1.54, 1.807) is 11.3 Å². The molecule has 0 aliphatic carbocycles. The summed E-state index contributed by atoms with van der Waals surface area (Å²) in [5, 5.41) is 20.3. The van der Waals surface area contributed by atoms with Crippen molar-refractivity contribution < 1.29 is 22.6 Å². The highest BCUT2D eigenvalue weighted by atomic mass is 32.2. The van der Waals surface area contributed by atoms with E-state index >= 15 is 0 Å². The summed E-state index contributed by atoms with van der Waals surface area (Å²) < 4.78 is 23.5. The second-order valence-electron chi connectivity index (χ2n) is 5.13. The fraction of sp³-hybridized carbons (Fsp3) is 0.400. The van der Waals surface area contributed by atoms with Crippen molar-refractivity contribution in [3.05, 3.63) is 35.3 Å². The van der Waals surface area contributed by atoms with Gasteiger partial charge in [0.1, 0.15) is 11.9 Å². The molecule has 25 heavy (non-hydrogen) atoms. The van der Waals surface area contributed by atoms with Crippen LogP contribution in [-0.2, 0) is 21.5 Å². The van der Waals surface area contributed by atoms with E-state index in [0.717, 1.165) is 16.4 Å². The van der Waals surface area contributed by atoms with E-state index < -0.39 is 10.1 Å². The Morgan fingerprint density at radius 1 is 1.28 bits per heavy atom. The van der Waals surface area contributed by atoms with Crippen molar-refractivity contribution in [1.82, 2.24) is 0 Å². The molecule has 140 valence electrons. The first kappa shape index (κ1) is 23.1. The standard InChI is InChI=1S/C13H17N4S.CH4O4S.CH4/c1-10-9-11(16(2)3)5-6-12(10)14-15-13-17(4)7-8-18-13;1-6(3,4)5-2;/h5-9H,1-4H3;2H,1H3;1H4/q+1;;/p-1. The van der Waals surface area contributed by atoms with E-state index in [0.29, 0.717) is 6.26 Å². The third kappa shape index (κ3) is 8.16. The molecule has 0 saturated heterocycles. The zero-order valence-electron chi connectivity index (χ0n) is 14.1. The third-order valence-electron chi connectivity index (χ3n) is 2.82. The van der Waals surface area contributed by atoms with Gasteiger partial charge in [0.05, 0.1) is 18.4 Å². The number of hydrogen-bond donors (Lipinski definition) is 0. The van der Waals surface area contributed by atoms with Crippen molar-refractivity contribution in [2.75, 3.05) is 25.3 Å². The second kappa shape index (κ2) is 10.2. The Balaban J connectivity index is 0.000000715. The molecule has 0 saturated carbocycles. The Kier molecular flexibility index (Phi) is 9.42. The molecule has 0 bridgehead atoms. The normalized spacial score (nSPS) is 10.8. The summed E-state index contributed by atoms with van der Waals surface area (Å²) in [6.45, 7) is 2.05. The number of thiazole rings is 1. The Labute approximate surface area is 153 Å². The van der Waals surface area contributed by atoms with Gasteiger partial charge in [-0.25, -0.2) is 13.0 Å². The molecule has 0 unspecified atom stereocenters. The number of benzene rings is 1. The summed E-state index contributed by atoms with van der Waals surface area (Å²) in [5.41, 5.74) is 3.21. The summed E-state index contributed by atoms with van der Waals surface area (Å²) in [5.74, 6) is 0. The molecule has 0 N–H and O–H groups in total. The van der Waals surface area contributed by atoms with Crippen LogP contribution >= 0.6 is 11.3 Å². The van der Waals surface area contributed by atoms with Gasteiger partial charge in [0, 0.05) is 25.2 Å². The number of aromatic nitrogens is 1. The number of hydrogen-bond acceptors (Lipinski definition) is 8. The smallest absolute Gasteiger partial charge is 0.408 e. The molecule has 0 aliphatic heterocycles. The molecule has 2 rings (SSSR count). The number of nitrogens with zero attached hydrogens (tertiary/aromatic N) is 4. The Hall–Kier alpha value is -1.88. The molecule has 10 heteroatoms. The van der Waals surface area contributed by atoms with Crippen molar-refractivity contribution in [3.63, 3.8) is 0 Å². The van der Waals surface area contributed by atoms with Crippen molar-refractivity contribution in [3.8, 4) is 0 Å². The van der Waals surface area contributed by atoms with Gasteiger partial charge >= 0.3 is 5.13 Å². The lowest BCUT2D eigenvalue weighted by Crippen LogP contribution is -2.23. The molecule has 1 aromatic carbocycles. The van der Waals surface area contributed by atoms with Crippen LogP contribution in [0, 0.1) is 6.92 Å². The van der Waals surface area contributed by atoms with Crippen LogP contribution in [0.4, 0.5) is 16.5 Å². The van der Waals surface area contributed by atoms with Gasteiger partial charge < -0.3 is 14.5 Å². The van der Waals surface area contributed by atoms with Gasteiger partial charge in [-0.05, 0) is 47.1 Å². The SMILES string of the molecule is C.CS(=O)(=O)O[O-].Cc1cc(N(C)C)ccc1N=Nc1scc[n+]1C. The quantitative estimate of drug-likeness (QED) is 0.346. The topological polar surface area (TPSA) is 98.3 Å². The average molecular weight is 389 g/mol. The minimum atomic E-state index is -3.72. The molecule has 0 aliphatic rings. The van der Waals surface area contributed by atoms with E-state index in [-0.39, 0.29) is 7.43 Å². The molecular weight excluding hydrogens is 364 g/mol. The summed E-state index contributed by atoms with van der Waals surface area (Å²) in [6.07, 6.45) is 2.65. The zero-order valence-corrected chi connectivity index (χ0v) is 15.8. The number of aryl methyl sites for hydroxylation is 2. The van der Waals surface area contributed by atoms with E-state index in [1.165, 1.54) is 5.69 Å². The second-order valence-corrected chi connectivity index (χ2v) is 7.55. The highest BCUT2D eigenvalue weighted by Crippen LogP contribution is 2.25. The van der Waals surface area contributed by atoms with Crippen LogP contribution in [0.15, 0.2) is 40.0 Å². The molecule has 0 fully saturated rings. The molecule has 1 heterocycles. The fourth-order valence-electron chi connectivity index (χ4n) is 1.55. The van der Waals surface area contributed by atoms with E-state index in [2.05, 4.69) is 38.5 Å². The lowest BCUT2D eigenvalue weighted by atomic mass is 10.2. The Morgan fingerprint density at radius 2 is 1.88 bits per heavy atom. The summed E-state index contributed by atoms with van der Waals surface area (Å²) in [6, 6.07) is 6.17. The molecule has 0 spiro atoms. The van der Waals surface area contributed by atoms with Crippen molar-refractivity contribution in [2.24, 2.45) is 17.3 Å². The predicted molar refractivity (Wildman–Crippen MR) is 97.8 cm³/mol. The van der Waals surface area contributed by atoms with E-state index in [9.17, 15) is 8.42 Å². The van der Waals surface area contributed by atoms with Crippen molar-refractivity contribution >= 4 is 38.0 Å². The fourth-order valence-corrected chi connectivity index (χ4v) is 2.23. The number of azo groups is 1. The molecule has 0 radical (unpaired) electrons. The minimum absolute atomic E-state index is 0. The minimum Gasteiger partial charge on any atom is -0.707 e. The van der Waals surface area contributed by atoms with Crippen LogP contribution in [0.25, 0.3) is 0 Å². The van der Waals surface area contributed by atoms with Gasteiger partial charge in [0.25, 0.3) is 10.1 Å². The average Bonchev–Trinajstić information content (AvgIpc) is 2.91. The maximum absolute atomic E-state index is 9.47. The van der Waals surface area contributed by atoms with Crippen LogP contribution < -0.4 is 14.7 Å². The van der Waals surface area contributed by atoms with Crippen LogP contribution in [-0.4, -0.2) is 28.8 Å². The summed E-state index contributed by atoms with van der Waals surface area (Å²) in [4.78, 5) is 2.08. The van der Waals surface area contributed by atoms with Gasteiger partial charge in [-0.2, -0.15) is 0 Å². The maximum Gasteiger partial charge on any atom is 0.408 e. The first-order valence-corrected chi connectivity index (χ1v) is 9.48. The first-order chi connectivity index (χ1) is 11.1. The first-order valence-electron chi connectivity index (χ1n) is 6.78. The number of anilines is 1. The van der Waals surface area contributed by atoms with E-state index in [1.807, 2.05) is 43.4 Å². The molecule has 0 amide bonds. The van der Waals surface area contributed by atoms with Crippen LogP contribution in [0.1, 0.15) is 13.0 Å². The van der Waals surface area contributed by atoms with Gasteiger partial charge in [0.15, 0.2) is 0 Å². The number of rotatable bonds is 4. The molecule has 1 aromatic heterocycles. The predicted octanol–water partition coefficient (Wildman–Crippen LogP) is 2.24. The van der Waals surface area contributed by atoms with E-state index in [4.69, 9.17) is 5.26 Å².